The van der Waals surface area contributed by atoms with Crippen LogP contribution < -0.4 is 15.7 Å². The molecule has 0 aliphatic carbocycles. The number of fused-ring (bicyclic) bond motifs is 1. The number of benzene rings is 3. The molecule has 4 rings (SSSR count). The van der Waals surface area contributed by atoms with Crippen molar-refractivity contribution in [1.82, 2.24) is 10.6 Å². The van der Waals surface area contributed by atoms with Crippen molar-refractivity contribution in [3.05, 3.63) is 76.1 Å². The van der Waals surface area contributed by atoms with Crippen LogP contribution >= 0.6 is 11.6 Å². The fourth-order valence-corrected chi connectivity index (χ4v) is 3.96. The van der Waals surface area contributed by atoms with Crippen LogP contribution in [0.2, 0.25) is 5.02 Å². The molecule has 0 fully saturated rings. The molecule has 206 valence electrons. The van der Waals surface area contributed by atoms with E-state index in [-0.39, 0.29) is 17.8 Å². The first-order valence-corrected chi connectivity index (χ1v) is 11.3. The number of hydrogen-bond acceptors (Lipinski definition) is 5. The highest BCUT2D eigenvalue weighted by atomic mass is 35.5. The Morgan fingerprint density at radius 2 is 1.69 bits per heavy atom. The zero-order chi connectivity index (χ0) is 28.5. The van der Waals surface area contributed by atoms with Crippen LogP contribution in [0.5, 0.6) is 0 Å². The molecule has 0 unspecified atom stereocenters. The molecular formula is C24H16ClF7N4O3. The Labute approximate surface area is 220 Å². The van der Waals surface area contributed by atoms with E-state index in [1.54, 1.807) is 29.6 Å². The predicted octanol–water partition coefficient (Wildman–Crippen LogP) is 5.22. The van der Waals surface area contributed by atoms with Crippen molar-refractivity contribution in [2.24, 2.45) is 5.16 Å². The zero-order valence-electron chi connectivity index (χ0n) is 19.4. The van der Waals surface area contributed by atoms with Crippen LogP contribution in [-0.2, 0) is 15.9 Å². The largest absolute Gasteiger partial charge is 0.416 e. The third-order valence-corrected chi connectivity index (χ3v) is 5.80. The summed E-state index contributed by atoms with van der Waals surface area (Å²) in [7, 11) is 0. The van der Waals surface area contributed by atoms with Gasteiger partial charge in [0.05, 0.1) is 17.1 Å². The quantitative estimate of drug-likeness (QED) is 0.395. The number of hydroxylamine groups is 1. The molecule has 2 N–H and O–H groups in total. The van der Waals surface area contributed by atoms with Gasteiger partial charge in [-0.15, -0.1) is 0 Å². The fraction of sp³-hybridized carbons (Fsp3) is 0.208. The van der Waals surface area contributed by atoms with Crippen molar-refractivity contribution in [1.29, 1.82) is 0 Å². The van der Waals surface area contributed by atoms with E-state index >= 15 is 0 Å². The monoisotopic (exact) mass is 576 g/mol. The van der Waals surface area contributed by atoms with Gasteiger partial charge in [0.1, 0.15) is 24.5 Å². The van der Waals surface area contributed by atoms with Crippen molar-refractivity contribution in [2.45, 2.75) is 12.4 Å². The average molecular weight is 577 g/mol. The Balaban J connectivity index is 1.55. The van der Waals surface area contributed by atoms with Crippen molar-refractivity contribution in [3.8, 4) is 0 Å². The van der Waals surface area contributed by atoms with E-state index in [9.17, 15) is 40.3 Å². The molecule has 0 atom stereocenters. The maximum absolute atomic E-state index is 14.6. The lowest BCUT2D eigenvalue weighted by atomic mass is 9.96. The number of anilines is 1. The second-order valence-electron chi connectivity index (χ2n) is 8.23. The fourth-order valence-electron chi connectivity index (χ4n) is 3.74. The lowest BCUT2D eigenvalue weighted by Crippen LogP contribution is -2.40. The van der Waals surface area contributed by atoms with E-state index in [0.717, 1.165) is 5.06 Å². The van der Waals surface area contributed by atoms with Gasteiger partial charge < -0.3 is 10.6 Å². The number of hydrogen-bond donors (Lipinski definition) is 2. The minimum absolute atomic E-state index is 0.0880. The number of nitrogens with one attached hydrogen (secondary N) is 2. The number of carbonyl (C=O) groups is 2. The summed E-state index contributed by atoms with van der Waals surface area (Å²) < 4.78 is 90.9. The molecule has 0 saturated heterocycles. The van der Waals surface area contributed by atoms with Crippen LogP contribution in [0.25, 0.3) is 10.8 Å². The van der Waals surface area contributed by atoms with Crippen LogP contribution in [0.4, 0.5) is 36.4 Å². The minimum atomic E-state index is -4.79. The Morgan fingerprint density at radius 1 is 1.00 bits per heavy atom. The normalized spacial score (nSPS) is 13.7. The zero-order valence-corrected chi connectivity index (χ0v) is 20.1. The van der Waals surface area contributed by atoms with Crippen LogP contribution in [-0.4, -0.2) is 43.3 Å². The summed E-state index contributed by atoms with van der Waals surface area (Å²) in [5.74, 6) is -2.93. The average Bonchev–Trinajstić information content (AvgIpc) is 3.35. The van der Waals surface area contributed by atoms with Crippen LogP contribution in [0.15, 0.2) is 53.7 Å². The molecule has 0 bridgehead atoms. The van der Waals surface area contributed by atoms with Gasteiger partial charge in [0.25, 0.3) is 5.91 Å². The topological polar surface area (TPSA) is 83.0 Å². The van der Waals surface area contributed by atoms with Crippen molar-refractivity contribution in [2.75, 3.05) is 24.7 Å². The third-order valence-electron chi connectivity index (χ3n) is 5.52. The van der Waals surface area contributed by atoms with Gasteiger partial charge in [-0.3, -0.25) is 14.5 Å². The molecule has 39 heavy (non-hydrogen) atoms. The lowest BCUT2D eigenvalue weighted by Gasteiger charge is -2.18. The summed E-state index contributed by atoms with van der Waals surface area (Å²) in [6.07, 6.45) is -9.39. The summed E-state index contributed by atoms with van der Waals surface area (Å²) in [4.78, 5) is 29.4. The van der Waals surface area contributed by atoms with Gasteiger partial charge in [0, 0.05) is 11.1 Å². The van der Waals surface area contributed by atoms with Crippen LogP contribution in [0, 0.1) is 5.82 Å². The number of rotatable bonds is 6. The van der Waals surface area contributed by atoms with E-state index in [0.29, 0.717) is 28.5 Å². The van der Waals surface area contributed by atoms with Gasteiger partial charge in [-0.05, 0) is 29.0 Å². The van der Waals surface area contributed by atoms with Gasteiger partial charge in [-0.25, -0.2) is 4.39 Å². The number of carbonyl (C=O) groups excluding carboxylic acids is 2. The van der Waals surface area contributed by atoms with E-state index in [1.165, 1.54) is 12.1 Å². The predicted molar refractivity (Wildman–Crippen MR) is 127 cm³/mol. The first kappa shape index (κ1) is 28.0. The molecular weight excluding hydrogens is 561 g/mol. The molecule has 1 aliphatic heterocycles. The molecule has 1 aliphatic rings. The van der Waals surface area contributed by atoms with E-state index in [2.05, 4.69) is 10.5 Å². The Kier molecular flexibility index (Phi) is 7.59. The van der Waals surface area contributed by atoms with Crippen molar-refractivity contribution in [3.63, 3.8) is 0 Å². The lowest BCUT2D eigenvalue weighted by molar-refractivity contribution is -0.137. The second kappa shape index (κ2) is 10.6. The molecule has 0 saturated carbocycles. The van der Waals surface area contributed by atoms with Crippen LogP contribution in [0.1, 0.15) is 21.5 Å². The first-order valence-electron chi connectivity index (χ1n) is 11.0. The molecule has 3 aromatic carbocycles. The van der Waals surface area contributed by atoms with Gasteiger partial charge in [-0.1, -0.05) is 47.1 Å². The molecule has 1 heterocycles. The minimum Gasteiger partial charge on any atom is -0.345 e. The highest BCUT2D eigenvalue weighted by molar-refractivity contribution is 6.31. The van der Waals surface area contributed by atoms with E-state index in [4.69, 9.17) is 16.5 Å². The number of nitrogens with zero attached hydrogens (tertiary/aromatic N) is 2. The van der Waals surface area contributed by atoms with Gasteiger partial charge >= 0.3 is 12.4 Å². The summed E-state index contributed by atoms with van der Waals surface area (Å²) in [5, 5.41) is 8.60. The third kappa shape index (κ3) is 6.33. The number of oxime groups is 1. The summed E-state index contributed by atoms with van der Waals surface area (Å²) in [6.45, 7) is -2.52. The van der Waals surface area contributed by atoms with Crippen molar-refractivity contribution < 1.29 is 45.3 Å². The highest BCUT2D eigenvalue weighted by Crippen LogP contribution is 2.37. The molecule has 0 aromatic heterocycles. The smallest absolute Gasteiger partial charge is 0.345 e. The molecule has 0 spiro atoms. The van der Waals surface area contributed by atoms with Crippen molar-refractivity contribution >= 4 is 45.6 Å². The maximum Gasteiger partial charge on any atom is 0.416 e. The van der Waals surface area contributed by atoms with Gasteiger partial charge in [0.2, 0.25) is 5.91 Å². The van der Waals surface area contributed by atoms with Gasteiger partial charge in [-0.2, -0.15) is 31.4 Å². The molecule has 3 aromatic rings. The first-order chi connectivity index (χ1) is 18.2. The Hall–Kier alpha value is -4.07. The molecule has 15 heteroatoms. The Morgan fingerprint density at radius 3 is 2.36 bits per heavy atom. The second-order valence-corrected chi connectivity index (χ2v) is 8.63. The number of halogens is 8. The Bertz CT molecular complexity index is 1470. The maximum atomic E-state index is 14.6. The molecule has 2 amide bonds. The van der Waals surface area contributed by atoms with E-state index < -0.39 is 59.3 Å². The van der Waals surface area contributed by atoms with Crippen LogP contribution in [0.3, 0.4) is 0 Å². The highest BCUT2D eigenvalue weighted by Gasteiger charge is 2.35. The molecule has 7 nitrogen and oxygen atoms in total. The molecule has 0 radical (unpaired) electrons. The van der Waals surface area contributed by atoms with E-state index in [1.807, 2.05) is 0 Å². The summed E-state index contributed by atoms with van der Waals surface area (Å²) in [6, 6.07) is 10.3. The number of amides is 2. The SMILES string of the molecule is O=C(CNC(=O)c1ccc(C2=NON(c3cc(C(F)(F)F)cc(Cl)c3F)C2)c2ccccc12)NCC(F)(F)F. The summed E-state index contributed by atoms with van der Waals surface area (Å²) >= 11 is 5.66. The van der Waals surface area contributed by atoms with Gasteiger partial charge in [0.15, 0.2) is 5.82 Å². The number of alkyl halides is 6. The standard InChI is InChI=1S/C24H16ClF7N4O3/c25-17-7-12(24(30,31)32)8-19(21(17)26)36-10-18(35-39-36)15-5-6-16(14-4-2-1-3-13(14)15)22(38)33-9-20(37)34-11-23(27,28)29/h1-8H,9-11H2,(H,33,38)(H,34,37). The summed E-state index contributed by atoms with van der Waals surface area (Å²) in [5.41, 5.74) is -1.08.